The van der Waals surface area contributed by atoms with Gasteiger partial charge in [-0.2, -0.15) is 13.2 Å². The van der Waals surface area contributed by atoms with Crippen molar-refractivity contribution in [2.75, 3.05) is 0 Å². The lowest BCUT2D eigenvalue weighted by molar-refractivity contribution is -0.136. The lowest BCUT2D eigenvalue weighted by atomic mass is 10.1. The van der Waals surface area contributed by atoms with Crippen LogP contribution >= 0.6 is 0 Å². The van der Waals surface area contributed by atoms with Gasteiger partial charge in [0.25, 0.3) is 17.4 Å². The van der Waals surface area contributed by atoms with Crippen LogP contribution < -0.4 is 5.56 Å². The second kappa shape index (κ2) is 5.81. The summed E-state index contributed by atoms with van der Waals surface area (Å²) in [6, 6.07) is 6.73. The van der Waals surface area contributed by atoms with Crippen LogP contribution in [0.3, 0.4) is 0 Å². The van der Waals surface area contributed by atoms with Crippen LogP contribution in [0.4, 0.5) is 13.2 Å². The van der Waals surface area contributed by atoms with E-state index in [1.165, 1.54) is 24.3 Å². The highest BCUT2D eigenvalue weighted by atomic mass is 19.4. The molecule has 1 aliphatic heterocycles. The van der Waals surface area contributed by atoms with Crippen molar-refractivity contribution in [2.45, 2.75) is 6.18 Å². The number of hydrogen-bond acceptors (Lipinski definition) is 6. The van der Waals surface area contributed by atoms with E-state index in [0.717, 1.165) is 0 Å². The number of rotatable bonds is 2. The number of H-pyrrole nitrogens is 1. The Bertz CT molecular complexity index is 1190. The second-order valence-corrected chi connectivity index (χ2v) is 5.73. The van der Waals surface area contributed by atoms with Gasteiger partial charge in [0.15, 0.2) is 0 Å². The van der Waals surface area contributed by atoms with Crippen LogP contribution in [-0.4, -0.2) is 27.8 Å². The molecule has 1 aromatic carbocycles. The first-order chi connectivity index (χ1) is 13.2. The molecule has 0 radical (unpaired) electrons. The monoisotopic (exact) mass is 392 g/mol. The number of pyridine rings is 1. The summed E-state index contributed by atoms with van der Waals surface area (Å²) in [7, 11) is 0. The maximum atomic E-state index is 13.1. The van der Waals surface area contributed by atoms with Gasteiger partial charge in [-0.3, -0.25) is 19.4 Å². The van der Waals surface area contributed by atoms with Crippen LogP contribution in [0.1, 0.15) is 36.8 Å². The molecular weight excluding hydrogens is 385 g/mol. The summed E-state index contributed by atoms with van der Waals surface area (Å²) in [6.45, 7) is 0. The van der Waals surface area contributed by atoms with E-state index in [1.54, 1.807) is 0 Å². The summed E-state index contributed by atoms with van der Waals surface area (Å²) in [5.41, 5.74) is -2.99. The van der Waals surface area contributed by atoms with E-state index >= 15 is 0 Å². The minimum absolute atomic E-state index is 0.00796. The molecule has 8 nitrogen and oxygen atoms in total. The van der Waals surface area contributed by atoms with Gasteiger partial charge in [0, 0.05) is 12.1 Å². The molecule has 0 unspecified atom stereocenters. The zero-order valence-electron chi connectivity index (χ0n) is 13.5. The van der Waals surface area contributed by atoms with E-state index < -0.39 is 51.9 Å². The molecule has 1 aliphatic rings. The fourth-order valence-electron chi connectivity index (χ4n) is 2.75. The van der Waals surface area contributed by atoms with Crippen molar-refractivity contribution in [1.82, 2.24) is 10.0 Å². The lowest BCUT2D eigenvalue weighted by Crippen LogP contribution is -2.32. The number of imide groups is 1. The number of nitrogens with one attached hydrogen (secondary N) is 1. The van der Waals surface area contributed by atoms with E-state index in [2.05, 4.69) is 0 Å². The average Bonchev–Trinajstić information content (AvgIpc) is 3.16. The molecule has 0 spiro atoms. The van der Waals surface area contributed by atoms with Crippen LogP contribution in [0.15, 0.2) is 45.6 Å². The third-order valence-electron chi connectivity index (χ3n) is 3.97. The predicted molar refractivity (Wildman–Crippen MR) is 84.2 cm³/mol. The highest BCUT2D eigenvalue weighted by molar-refractivity contribution is 6.21. The van der Waals surface area contributed by atoms with Gasteiger partial charge >= 0.3 is 12.1 Å². The quantitative estimate of drug-likeness (QED) is 0.671. The zero-order valence-corrected chi connectivity index (χ0v) is 13.5. The van der Waals surface area contributed by atoms with Crippen molar-refractivity contribution in [3.63, 3.8) is 0 Å². The van der Waals surface area contributed by atoms with Gasteiger partial charge in [-0.25, -0.2) is 4.79 Å². The van der Waals surface area contributed by atoms with E-state index in [4.69, 9.17) is 9.25 Å². The van der Waals surface area contributed by atoms with Crippen molar-refractivity contribution in [2.24, 2.45) is 0 Å². The van der Waals surface area contributed by atoms with Crippen LogP contribution in [0.25, 0.3) is 11.1 Å². The number of amides is 2. The first-order valence-electron chi connectivity index (χ1n) is 7.61. The van der Waals surface area contributed by atoms with Crippen LogP contribution in [0, 0.1) is 0 Å². The number of aromatic nitrogens is 1. The van der Waals surface area contributed by atoms with E-state index in [9.17, 15) is 32.3 Å². The van der Waals surface area contributed by atoms with Crippen molar-refractivity contribution < 1.29 is 36.8 Å². The third kappa shape index (κ3) is 2.64. The van der Waals surface area contributed by atoms with Gasteiger partial charge in [-0.1, -0.05) is 17.2 Å². The fourth-order valence-corrected chi connectivity index (χ4v) is 2.75. The molecule has 0 atom stereocenters. The minimum atomic E-state index is -4.87. The summed E-state index contributed by atoms with van der Waals surface area (Å²) in [5.74, 6) is -3.94. The molecule has 3 aromatic rings. The molecule has 142 valence electrons. The molecule has 2 amide bonds. The number of carbonyl (C=O) groups excluding carboxylic acids is 3. The molecule has 3 heterocycles. The van der Waals surface area contributed by atoms with E-state index in [0.29, 0.717) is 12.1 Å². The van der Waals surface area contributed by atoms with E-state index in [1.807, 2.05) is 4.98 Å². The molecule has 28 heavy (non-hydrogen) atoms. The molecule has 0 saturated carbocycles. The van der Waals surface area contributed by atoms with Crippen LogP contribution in [0.2, 0.25) is 0 Å². The number of halogens is 3. The molecule has 0 aliphatic carbocycles. The highest BCUT2D eigenvalue weighted by Gasteiger charge is 2.40. The Morgan fingerprint density at radius 2 is 1.64 bits per heavy atom. The number of alkyl halides is 3. The molecule has 4 rings (SSSR count). The third-order valence-corrected chi connectivity index (χ3v) is 3.97. The van der Waals surface area contributed by atoms with Crippen molar-refractivity contribution in [1.29, 1.82) is 0 Å². The summed E-state index contributed by atoms with van der Waals surface area (Å²) < 4.78 is 44.2. The van der Waals surface area contributed by atoms with Crippen LogP contribution in [-0.2, 0) is 11.0 Å². The number of furan rings is 1. The number of hydroxylamine groups is 2. The number of aromatic amines is 1. The van der Waals surface area contributed by atoms with Gasteiger partial charge in [-0.15, -0.1) is 0 Å². The molecule has 0 fully saturated rings. The van der Waals surface area contributed by atoms with Crippen molar-refractivity contribution in [3.8, 4) is 0 Å². The molecule has 2 aromatic heterocycles. The predicted octanol–water partition coefficient (Wildman–Crippen LogP) is 2.51. The molecular formula is C17H7F3N2O6. The molecule has 1 N–H and O–H groups in total. The smallest absolute Gasteiger partial charge is 0.417 e. The molecule has 0 saturated heterocycles. The average molecular weight is 392 g/mol. The number of benzene rings is 1. The maximum Gasteiger partial charge on any atom is 0.417 e. The summed E-state index contributed by atoms with van der Waals surface area (Å²) in [5, 5.41) is -0.394. The summed E-state index contributed by atoms with van der Waals surface area (Å²) in [6.07, 6.45) is -4.87. The Hall–Kier alpha value is -3.89. The van der Waals surface area contributed by atoms with Gasteiger partial charge in [0.05, 0.1) is 22.1 Å². The second-order valence-electron chi connectivity index (χ2n) is 5.73. The van der Waals surface area contributed by atoms with Gasteiger partial charge < -0.3 is 9.25 Å². The Labute approximate surface area is 152 Å². The Balaban J connectivity index is 1.68. The van der Waals surface area contributed by atoms with Crippen molar-refractivity contribution >= 4 is 28.9 Å². The largest absolute Gasteiger partial charge is 0.433 e. The lowest BCUT2D eigenvalue weighted by Gasteiger charge is -2.11. The van der Waals surface area contributed by atoms with Gasteiger partial charge in [0.1, 0.15) is 0 Å². The Morgan fingerprint density at radius 3 is 2.21 bits per heavy atom. The Kier molecular flexibility index (Phi) is 3.63. The Morgan fingerprint density at radius 1 is 1.04 bits per heavy atom. The fraction of sp³-hybridized carbons (Fsp3) is 0.0588. The standard InChI is InChI=1S/C17H7F3N2O6/c18-17(19,20)10-6-12(23)21-13-9(10)5-11(27-13)16(26)28-22-14(24)7-3-1-2-4-8(7)15(22)25/h1-6H,(H,21,23). The molecule has 11 heteroatoms. The first kappa shape index (κ1) is 17.5. The van der Waals surface area contributed by atoms with Gasteiger partial charge in [0.2, 0.25) is 11.5 Å². The highest BCUT2D eigenvalue weighted by Crippen LogP contribution is 2.34. The summed E-state index contributed by atoms with van der Waals surface area (Å²) >= 11 is 0. The topological polar surface area (TPSA) is 110 Å². The summed E-state index contributed by atoms with van der Waals surface area (Å²) in [4.78, 5) is 54.7. The van der Waals surface area contributed by atoms with Crippen LogP contribution in [0.5, 0.6) is 0 Å². The maximum absolute atomic E-state index is 13.1. The minimum Gasteiger partial charge on any atom is -0.433 e. The van der Waals surface area contributed by atoms with Crippen molar-refractivity contribution in [3.05, 3.63) is 69.2 Å². The number of fused-ring (bicyclic) bond motifs is 2. The SMILES string of the molecule is O=C(ON1C(=O)c2ccccc2C1=O)c1cc2c(C(F)(F)F)cc(=O)[nH]c2o1. The first-order valence-corrected chi connectivity index (χ1v) is 7.61. The number of nitrogens with zero attached hydrogens (tertiary/aromatic N) is 1. The number of carbonyl (C=O) groups is 3. The molecule has 0 bridgehead atoms. The zero-order chi connectivity index (χ0) is 20.2. The normalized spacial score (nSPS) is 13.9. The number of hydrogen-bond donors (Lipinski definition) is 1. The van der Waals surface area contributed by atoms with Gasteiger partial charge in [-0.05, 0) is 12.1 Å². The van der Waals surface area contributed by atoms with E-state index in [-0.39, 0.29) is 16.2 Å².